The van der Waals surface area contributed by atoms with Crippen LogP contribution in [0.2, 0.25) is 0 Å². The molecule has 0 radical (unpaired) electrons. The molecule has 1 aromatic rings. The lowest BCUT2D eigenvalue weighted by atomic mass is 9.93. The summed E-state index contributed by atoms with van der Waals surface area (Å²) in [5.41, 5.74) is 13.3. The Morgan fingerprint density at radius 2 is 2.14 bits per heavy atom. The lowest BCUT2D eigenvalue weighted by Crippen LogP contribution is -2.41. The molecule has 0 saturated carbocycles. The lowest BCUT2D eigenvalue weighted by Gasteiger charge is -2.27. The predicted octanol–water partition coefficient (Wildman–Crippen LogP) is 0.647. The van der Waals surface area contributed by atoms with Crippen LogP contribution in [-0.2, 0) is 4.79 Å². The molecular weight excluding hydrogens is 264 g/mol. The van der Waals surface area contributed by atoms with Gasteiger partial charge in [-0.15, -0.1) is 0 Å². The minimum Gasteiger partial charge on any atom is -0.339 e. The monoisotopic (exact) mass is 288 g/mol. The van der Waals surface area contributed by atoms with Crippen molar-refractivity contribution in [3.8, 4) is 0 Å². The van der Waals surface area contributed by atoms with Crippen molar-refractivity contribution in [2.45, 2.75) is 25.4 Å². The van der Waals surface area contributed by atoms with Crippen LogP contribution < -0.4 is 16.6 Å². The molecule has 21 heavy (non-hydrogen) atoms. The maximum absolute atomic E-state index is 12.9. The van der Waals surface area contributed by atoms with Gasteiger partial charge < -0.3 is 10.6 Å². The van der Waals surface area contributed by atoms with E-state index in [1.54, 1.807) is 0 Å². The number of hydrogen-bond acceptors (Lipinski definition) is 4. The molecule has 4 atom stereocenters. The summed E-state index contributed by atoms with van der Waals surface area (Å²) in [5.74, 6) is 0.637. The predicted molar refractivity (Wildman–Crippen MR) is 82.1 cm³/mol. The molecule has 2 heterocycles. The fraction of sp³-hybridized carbons (Fsp3) is 0.562. The Kier molecular flexibility index (Phi) is 4.24. The minimum absolute atomic E-state index is 0.0443. The van der Waals surface area contributed by atoms with Crippen molar-refractivity contribution in [1.29, 1.82) is 0 Å². The first-order valence-electron chi connectivity index (χ1n) is 7.74. The zero-order chi connectivity index (χ0) is 14.8. The van der Waals surface area contributed by atoms with E-state index in [4.69, 9.17) is 5.73 Å². The summed E-state index contributed by atoms with van der Waals surface area (Å²) in [6.07, 6.45) is 1.02. The summed E-state index contributed by atoms with van der Waals surface area (Å²) in [7, 11) is 0. The molecule has 5 heteroatoms. The molecule has 3 rings (SSSR count). The van der Waals surface area contributed by atoms with Gasteiger partial charge in [-0.1, -0.05) is 30.3 Å². The molecule has 1 amide bonds. The molecule has 2 aliphatic heterocycles. The van der Waals surface area contributed by atoms with E-state index < -0.39 is 0 Å². The summed E-state index contributed by atoms with van der Waals surface area (Å²) in [4.78, 5) is 14.9. The van der Waals surface area contributed by atoms with Crippen LogP contribution in [0.5, 0.6) is 0 Å². The minimum atomic E-state index is -0.0497. The summed E-state index contributed by atoms with van der Waals surface area (Å²) >= 11 is 0. The summed E-state index contributed by atoms with van der Waals surface area (Å²) in [6, 6.07) is 10.5. The molecule has 0 bridgehead atoms. The first-order valence-corrected chi connectivity index (χ1v) is 7.74. The SMILES string of the molecule is CC1CC(CN)CN1C(=O)C1CNNC1c1ccccc1. The quantitative estimate of drug-likeness (QED) is 0.764. The first-order chi connectivity index (χ1) is 10.2. The van der Waals surface area contributed by atoms with Crippen LogP contribution in [-0.4, -0.2) is 36.5 Å². The van der Waals surface area contributed by atoms with Gasteiger partial charge in [0.2, 0.25) is 5.91 Å². The Morgan fingerprint density at radius 1 is 1.38 bits per heavy atom. The maximum atomic E-state index is 12.9. The highest BCUT2D eigenvalue weighted by Gasteiger charge is 2.40. The zero-order valence-corrected chi connectivity index (χ0v) is 12.5. The van der Waals surface area contributed by atoms with E-state index in [1.165, 1.54) is 0 Å². The van der Waals surface area contributed by atoms with Crippen LogP contribution >= 0.6 is 0 Å². The molecular formula is C16H24N4O. The van der Waals surface area contributed by atoms with Crippen molar-refractivity contribution in [3.05, 3.63) is 35.9 Å². The molecule has 4 N–H and O–H groups in total. The van der Waals surface area contributed by atoms with Gasteiger partial charge in [-0.2, -0.15) is 0 Å². The number of nitrogens with one attached hydrogen (secondary N) is 2. The van der Waals surface area contributed by atoms with Gasteiger partial charge in [0.1, 0.15) is 0 Å². The molecule has 1 aromatic carbocycles. The van der Waals surface area contributed by atoms with Gasteiger partial charge in [0.25, 0.3) is 0 Å². The van der Waals surface area contributed by atoms with E-state index in [-0.39, 0.29) is 17.9 Å². The van der Waals surface area contributed by atoms with E-state index in [9.17, 15) is 4.79 Å². The Hall–Kier alpha value is -1.43. The fourth-order valence-electron chi connectivity index (χ4n) is 3.54. The van der Waals surface area contributed by atoms with Gasteiger partial charge in [0.05, 0.1) is 12.0 Å². The third-order valence-electron chi connectivity index (χ3n) is 4.74. The first kappa shape index (κ1) is 14.5. The number of benzene rings is 1. The van der Waals surface area contributed by atoms with Gasteiger partial charge >= 0.3 is 0 Å². The van der Waals surface area contributed by atoms with Gasteiger partial charge in [0.15, 0.2) is 0 Å². The van der Waals surface area contributed by atoms with Crippen LogP contribution in [0.4, 0.5) is 0 Å². The largest absolute Gasteiger partial charge is 0.339 e. The van der Waals surface area contributed by atoms with E-state index in [0.717, 1.165) is 18.5 Å². The third kappa shape index (κ3) is 2.81. The van der Waals surface area contributed by atoms with Gasteiger partial charge in [-0.05, 0) is 31.4 Å². The summed E-state index contributed by atoms with van der Waals surface area (Å²) in [6.45, 7) is 4.27. The van der Waals surface area contributed by atoms with Crippen molar-refractivity contribution in [2.24, 2.45) is 17.6 Å². The molecule has 2 fully saturated rings. The Balaban J connectivity index is 1.75. The smallest absolute Gasteiger partial charge is 0.229 e. The van der Waals surface area contributed by atoms with Crippen LogP contribution in [0.1, 0.15) is 24.9 Å². The number of hydrogen-bond donors (Lipinski definition) is 3. The fourth-order valence-corrected chi connectivity index (χ4v) is 3.54. The number of nitrogens with zero attached hydrogens (tertiary/aromatic N) is 1. The molecule has 5 nitrogen and oxygen atoms in total. The number of hydrazine groups is 1. The Labute approximate surface area is 125 Å². The van der Waals surface area contributed by atoms with Gasteiger partial charge in [0, 0.05) is 19.1 Å². The van der Waals surface area contributed by atoms with E-state index >= 15 is 0 Å². The van der Waals surface area contributed by atoms with Crippen molar-refractivity contribution in [3.63, 3.8) is 0 Å². The molecule has 4 unspecified atom stereocenters. The standard InChI is InChI=1S/C16H24N4O/c1-11-7-12(8-17)10-20(11)16(21)14-9-18-19-15(14)13-5-3-2-4-6-13/h2-6,11-12,14-15,18-19H,7-10,17H2,1H3. The Bertz CT molecular complexity index is 492. The van der Waals surface area contributed by atoms with Crippen molar-refractivity contribution in [1.82, 2.24) is 15.8 Å². The molecule has 0 aromatic heterocycles. The number of rotatable bonds is 3. The normalized spacial score (nSPS) is 32.6. The number of amides is 1. The Morgan fingerprint density at radius 3 is 2.81 bits per heavy atom. The second-order valence-electron chi connectivity index (χ2n) is 6.20. The molecule has 0 aliphatic carbocycles. The van der Waals surface area contributed by atoms with Crippen molar-refractivity contribution >= 4 is 5.91 Å². The number of likely N-dealkylation sites (tertiary alicyclic amines) is 1. The van der Waals surface area contributed by atoms with E-state index in [0.29, 0.717) is 25.0 Å². The third-order valence-corrected chi connectivity index (χ3v) is 4.74. The second kappa shape index (κ2) is 6.13. The van der Waals surface area contributed by atoms with Gasteiger partial charge in [-0.25, -0.2) is 5.43 Å². The molecule has 2 saturated heterocycles. The number of nitrogens with two attached hydrogens (primary N) is 1. The summed E-state index contributed by atoms with van der Waals surface area (Å²) in [5, 5.41) is 0. The van der Waals surface area contributed by atoms with E-state index in [2.05, 4.69) is 29.9 Å². The number of carbonyl (C=O) groups excluding carboxylic acids is 1. The van der Waals surface area contributed by atoms with Crippen molar-refractivity contribution < 1.29 is 4.79 Å². The average Bonchev–Trinajstić information content (AvgIpc) is 3.14. The van der Waals surface area contributed by atoms with Gasteiger partial charge in [-0.3, -0.25) is 10.2 Å². The molecule has 114 valence electrons. The van der Waals surface area contributed by atoms with E-state index in [1.807, 2.05) is 23.1 Å². The average molecular weight is 288 g/mol. The van der Waals surface area contributed by atoms with Crippen molar-refractivity contribution in [2.75, 3.05) is 19.6 Å². The zero-order valence-electron chi connectivity index (χ0n) is 12.5. The summed E-state index contributed by atoms with van der Waals surface area (Å²) < 4.78 is 0. The topological polar surface area (TPSA) is 70.4 Å². The highest BCUT2D eigenvalue weighted by Crippen LogP contribution is 2.30. The highest BCUT2D eigenvalue weighted by molar-refractivity contribution is 5.81. The molecule has 2 aliphatic rings. The van der Waals surface area contributed by atoms with Crippen LogP contribution in [0, 0.1) is 11.8 Å². The molecule has 0 spiro atoms. The lowest BCUT2D eigenvalue weighted by molar-refractivity contribution is -0.136. The highest BCUT2D eigenvalue weighted by atomic mass is 16.2. The van der Waals surface area contributed by atoms with Crippen LogP contribution in [0.3, 0.4) is 0 Å². The maximum Gasteiger partial charge on any atom is 0.229 e. The number of carbonyl (C=O) groups is 1. The second-order valence-corrected chi connectivity index (χ2v) is 6.20. The van der Waals surface area contributed by atoms with Crippen LogP contribution in [0.15, 0.2) is 30.3 Å². The van der Waals surface area contributed by atoms with Crippen LogP contribution in [0.25, 0.3) is 0 Å².